The molecule has 1 aromatic heterocycles. The minimum absolute atomic E-state index is 0.390. The molecule has 0 aliphatic carbocycles. The number of halogens is 2. The average molecular weight is 423 g/mol. The molecule has 0 saturated carbocycles. The third kappa shape index (κ3) is 3.77. The van der Waals surface area contributed by atoms with Crippen LogP contribution in [0.5, 0.6) is 0 Å². The van der Waals surface area contributed by atoms with Crippen molar-refractivity contribution in [2.24, 2.45) is 0 Å². The van der Waals surface area contributed by atoms with E-state index in [-0.39, 0.29) is 6.10 Å². The molecule has 0 bridgehead atoms. The van der Waals surface area contributed by atoms with Gasteiger partial charge in [-0.2, -0.15) is 11.3 Å². The molecule has 1 nitrogen and oxygen atoms in total. The van der Waals surface area contributed by atoms with Crippen molar-refractivity contribution in [3.63, 3.8) is 0 Å². The second kappa shape index (κ2) is 6.31. The molecule has 0 fully saturated rings. The lowest BCUT2D eigenvalue weighted by Gasteiger charge is -2.13. The zero-order chi connectivity index (χ0) is 12.3. The highest BCUT2D eigenvalue weighted by molar-refractivity contribution is 14.1. The van der Waals surface area contributed by atoms with Gasteiger partial charge in [-0.3, -0.25) is 0 Å². The highest BCUT2D eigenvalue weighted by Gasteiger charge is 2.11. The largest absolute Gasteiger partial charge is 0.388 e. The number of benzene rings is 1. The molecule has 4 heteroatoms. The summed E-state index contributed by atoms with van der Waals surface area (Å²) in [5.74, 6) is 0. The fraction of sp³-hybridized carbons (Fsp3) is 0.231. The van der Waals surface area contributed by atoms with Crippen molar-refractivity contribution in [2.75, 3.05) is 0 Å². The predicted octanol–water partition coefficient (Wildman–Crippen LogP) is 4.78. The standard InChI is InChI=1S/C13H12BrIOS/c14-10-2-3-12(15)11(7-10)13(16)4-1-9-5-6-17-8-9/h2-3,5-8,13,16H,1,4H2. The summed E-state index contributed by atoms with van der Waals surface area (Å²) in [7, 11) is 0. The lowest BCUT2D eigenvalue weighted by atomic mass is 10.0. The Balaban J connectivity index is 2.04. The second-order valence-corrected chi connectivity index (χ2v) is 6.71. The molecule has 0 aliphatic heterocycles. The van der Waals surface area contributed by atoms with E-state index >= 15 is 0 Å². The van der Waals surface area contributed by atoms with Crippen LogP contribution in [0.3, 0.4) is 0 Å². The molecule has 0 aliphatic rings. The van der Waals surface area contributed by atoms with E-state index in [1.54, 1.807) is 11.3 Å². The van der Waals surface area contributed by atoms with Crippen molar-refractivity contribution >= 4 is 49.9 Å². The Morgan fingerprint density at radius 3 is 2.88 bits per heavy atom. The van der Waals surface area contributed by atoms with Gasteiger partial charge in [0.1, 0.15) is 0 Å². The third-order valence-electron chi connectivity index (χ3n) is 2.60. The Kier molecular flexibility index (Phi) is 5.02. The van der Waals surface area contributed by atoms with E-state index in [1.807, 2.05) is 18.2 Å². The summed E-state index contributed by atoms with van der Waals surface area (Å²) >= 11 is 7.41. The van der Waals surface area contributed by atoms with Crippen molar-refractivity contribution in [2.45, 2.75) is 18.9 Å². The highest BCUT2D eigenvalue weighted by atomic mass is 127. The Morgan fingerprint density at radius 2 is 2.18 bits per heavy atom. The van der Waals surface area contributed by atoms with E-state index in [0.717, 1.165) is 26.4 Å². The van der Waals surface area contributed by atoms with Gasteiger partial charge in [-0.05, 0) is 81.6 Å². The first kappa shape index (κ1) is 13.5. The number of thiophene rings is 1. The SMILES string of the molecule is OC(CCc1ccsc1)c1cc(Br)ccc1I. The maximum Gasteiger partial charge on any atom is 0.0803 e. The molecule has 0 radical (unpaired) electrons. The maximum absolute atomic E-state index is 10.2. The molecule has 1 aromatic carbocycles. The molecule has 2 aromatic rings. The Bertz CT molecular complexity index is 484. The summed E-state index contributed by atoms with van der Waals surface area (Å²) in [4.78, 5) is 0. The fourth-order valence-corrected chi connectivity index (χ4v) is 3.44. The quantitative estimate of drug-likeness (QED) is 0.703. The Hall–Kier alpha value is 0.0900. The van der Waals surface area contributed by atoms with Gasteiger partial charge in [-0.25, -0.2) is 0 Å². The average Bonchev–Trinajstić information content (AvgIpc) is 2.82. The van der Waals surface area contributed by atoms with Gasteiger partial charge in [0.2, 0.25) is 0 Å². The van der Waals surface area contributed by atoms with E-state index in [0.29, 0.717) is 0 Å². The molecule has 90 valence electrons. The van der Waals surface area contributed by atoms with Crippen LogP contribution in [-0.4, -0.2) is 5.11 Å². The summed E-state index contributed by atoms with van der Waals surface area (Å²) in [6.07, 6.45) is 1.30. The van der Waals surface area contributed by atoms with Crippen LogP contribution in [0.4, 0.5) is 0 Å². The van der Waals surface area contributed by atoms with Gasteiger partial charge < -0.3 is 5.11 Å². The number of aliphatic hydroxyl groups is 1. The second-order valence-electron chi connectivity index (χ2n) is 3.85. The van der Waals surface area contributed by atoms with E-state index in [4.69, 9.17) is 0 Å². The summed E-state index contributed by atoms with van der Waals surface area (Å²) in [6, 6.07) is 8.13. The third-order valence-corrected chi connectivity index (χ3v) is 4.81. The lowest BCUT2D eigenvalue weighted by molar-refractivity contribution is 0.167. The predicted molar refractivity (Wildman–Crippen MR) is 84.5 cm³/mol. The van der Waals surface area contributed by atoms with Crippen molar-refractivity contribution < 1.29 is 5.11 Å². The Labute approximate surface area is 127 Å². The zero-order valence-corrected chi connectivity index (χ0v) is 13.6. The van der Waals surface area contributed by atoms with E-state index in [9.17, 15) is 5.11 Å². The number of hydrogen-bond donors (Lipinski definition) is 1. The molecule has 0 saturated heterocycles. The molecule has 17 heavy (non-hydrogen) atoms. The van der Waals surface area contributed by atoms with Gasteiger partial charge in [-0.1, -0.05) is 15.9 Å². The topological polar surface area (TPSA) is 20.2 Å². The highest BCUT2D eigenvalue weighted by Crippen LogP contribution is 2.27. The fourth-order valence-electron chi connectivity index (χ4n) is 1.66. The molecule has 0 spiro atoms. The molecule has 1 unspecified atom stereocenters. The van der Waals surface area contributed by atoms with E-state index in [1.165, 1.54) is 5.56 Å². The zero-order valence-electron chi connectivity index (χ0n) is 9.07. The van der Waals surface area contributed by atoms with Crippen LogP contribution in [0.1, 0.15) is 23.7 Å². The number of aryl methyl sites for hydroxylation is 1. The van der Waals surface area contributed by atoms with Crippen LogP contribution in [0.2, 0.25) is 0 Å². The van der Waals surface area contributed by atoms with E-state index < -0.39 is 0 Å². The minimum Gasteiger partial charge on any atom is -0.388 e. The van der Waals surface area contributed by atoms with Crippen LogP contribution in [0.15, 0.2) is 39.5 Å². The summed E-state index contributed by atoms with van der Waals surface area (Å²) in [5.41, 5.74) is 2.31. The van der Waals surface area contributed by atoms with Gasteiger partial charge in [0.25, 0.3) is 0 Å². The summed E-state index contributed by atoms with van der Waals surface area (Å²) in [6.45, 7) is 0. The summed E-state index contributed by atoms with van der Waals surface area (Å²) < 4.78 is 2.13. The normalized spacial score (nSPS) is 12.6. The molecule has 0 amide bonds. The van der Waals surface area contributed by atoms with Crippen LogP contribution >= 0.6 is 49.9 Å². The first-order valence-corrected chi connectivity index (χ1v) is 8.12. The number of hydrogen-bond acceptors (Lipinski definition) is 2. The maximum atomic E-state index is 10.2. The lowest BCUT2D eigenvalue weighted by Crippen LogP contribution is -2.01. The van der Waals surface area contributed by atoms with Crippen molar-refractivity contribution in [3.05, 3.63) is 54.2 Å². The van der Waals surface area contributed by atoms with Crippen LogP contribution < -0.4 is 0 Å². The monoisotopic (exact) mass is 422 g/mol. The van der Waals surface area contributed by atoms with Gasteiger partial charge >= 0.3 is 0 Å². The van der Waals surface area contributed by atoms with Crippen LogP contribution in [0, 0.1) is 3.57 Å². The van der Waals surface area contributed by atoms with E-state index in [2.05, 4.69) is 55.3 Å². The van der Waals surface area contributed by atoms with Crippen molar-refractivity contribution in [3.8, 4) is 0 Å². The van der Waals surface area contributed by atoms with Gasteiger partial charge in [0.15, 0.2) is 0 Å². The van der Waals surface area contributed by atoms with Gasteiger partial charge in [0, 0.05) is 8.04 Å². The first-order chi connectivity index (χ1) is 8.16. The van der Waals surface area contributed by atoms with Crippen molar-refractivity contribution in [1.29, 1.82) is 0 Å². The molecule has 1 heterocycles. The van der Waals surface area contributed by atoms with Crippen LogP contribution in [-0.2, 0) is 6.42 Å². The van der Waals surface area contributed by atoms with Gasteiger partial charge in [-0.15, -0.1) is 0 Å². The molecule has 1 N–H and O–H groups in total. The molecule has 1 atom stereocenters. The smallest absolute Gasteiger partial charge is 0.0803 e. The molecular weight excluding hydrogens is 411 g/mol. The van der Waals surface area contributed by atoms with Gasteiger partial charge in [0.05, 0.1) is 6.10 Å². The van der Waals surface area contributed by atoms with Crippen LogP contribution in [0.25, 0.3) is 0 Å². The summed E-state index contributed by atoms with van der Waals surface area (Å²) in [5, 5.41) is 14.4. The molecule has 2 rings (SSSR count). The number of aliphatic hydroxyl groups excluding tert-OH is 1. The van der Waals surface area contributed by atoms with Crippen molar-refractivity contribution in [1.82, 2.24) is 0 Å². The minimum atomic E-state index is -0.390. The first-order valence-electron chi connectivity index (χ1n) is 5.31. The Morgan fingerprint density at radius 1 is 1.35 bits per heavy atom. The molecular formula is C13H12BrIOS. The number of rotatable bonds is 4.